The van der Waals surface area contributed by atoms with Crippen molar-refractivity contribution in [1.82, 2.24) is 19.5 Å². The van der Waals surface area contributed by atoms with Gasteiger partial charge in [-0.15, -0.1) is 0 Å². The topological polar surface area (TPSA) is 46.5 Å². The molecule has 0 saturated carbocycles. The van der Waals surface area contributed by atoms with Gasteiger partial charge in [-0.05, 0) is 47.5 Å². The number of aromatic amines is 1. The molecule has 56 heavy (non-hydrogen) atoms. The Morgan fingerprint density at radius 3 is 1.54 bits per heavy atom. The molecule has 0 radical (unpaired) electrons. The van der Waals surface area contributed by atoms with Crippen LogP contribution in [0.2, 0.25) is 0 Å². The van der Waals surface area contributed by atoms with Gasteiger partial charge in [0.25, 0.3) is 0 Å². The lowest BCUT2D eigenvalue weighted by atomic mass is 9.91. The van der Waals surface area contributed by atoms with Gasteiger partial charge in [-0.1, -0.05) is 164 Å². The normalized spacial score (nSPS) is 11.6. The number of rotatable bonds is 6. The average molecular weight is 715 g/mol. The van der Waals surface area contributed by atoms with Crippen LogP contribution < -0.4 is 0 Å². The summed E-state index contributed by atoms with van der Waals surface area (Å²) in [6.07, 6.45) is 0. The highest BCUT2D eigenvalue weighted by Gasteiger charge is 2.24. The Morgan fingerprint density at radius 1 is 0.375 bits per heavy atom. The second kappa shape index (κ2) is 13.1. The third-order valence-electron chi connectivity index (χ3n) is 10.9. The van der Waals surface area contributed by atoms with Crippen LogP contribution in [-0.2, 0) is 0 Å². The molecule has 262 valence electrons. The quantitative estimate of drug-likeness (QED) is 0.186. The van der Waals surface area contributed by atoms with Crippen LogP contribution in [0.3, 0.4) is 0 Å². The van der Waals surface area contributed by atoms with Crippen molar-refractivity contribution in [3.05, 3.63) is 200 Å². The maximum atomic E-state index is 5.29. The highest BCUT2D eigenvalue weighted by Crippen LogP contribution is 2.45. The van der Waals surface area contributed by atoms with Crippen LogP contribution in [0.1, 0.15) is 0 Å². The summed E-state index contributed by atoms with van der Waals surface area (Å²) < 4.78 is 2.48. The molecule has 11 aromatic rings. The van der Waals surface area contributed by atoms with Crippen LogP contribution in [0.15, 0.2) is 200 Å². The molecule has 0 aliphatic heterocycles. The Bertz CT molecular complexity index is 3100. The molecule has 0 amide bonds. The van der Waals surface area contributed by atoms with Gasteiger partial charge in [0.05, 0.1) is 33.6 Å². The molecule has 8 aromatic carbocycles. The smallest absolute Gasteiger partial charge is 0.160 e. The zero-order valence-electron chi connectivity index (χ0n) is 30.4. The lowest BCUT2D eigenvalue weighted by Gasteiger charge is -2.21. The van der Waals surface area contributed by atoms with Crippen LogP contribution in [0, 0.1) is 0 Å². The number of fused-ring (bicyclic) bond motifs is 7. The van der Waals surface area contributed by atoms with Gasteiger partial charge in [0, 0.05) is 54.9 Å². The fourth-order valence-electron chi connectivity index (χ4n) is 8.38. The SMILES string of the molecule is c1ccc(-c2cc(-c3cc(-c4ccccc4)c(-n4c5ccccc5c5c6[nH]c7ccccc7c6ccc54)c(-c4ccccc4)c3)nc(-c3ccccc3)n2)cc1. The summed E-state index contributed by atoms with van der Waals surface area (Å²) in [6, 6.07) is 70.9. The zero-order valence-corrected chi connectivity index (χ0v) is 30.4. The maximum absolute atomic E-state index is 5.29. The van der Waals surface area contributed by atoms with Crippen LogP contribution in [0.4, 0.5) is 0 Å². The van der Waals surface area contributed by atoms with Gasteiger partial charge in [-0.2, -0.15) is 0 Å². The van der Waals surface area contributed by atoms with Gasteiger partial charge in [-0.3, -0.25) is 0 Å². The molecule has 1 N–H and O–H groups in total. The highest BCUT2D eigenvalue weighted by molar-refractivity contribution is 6.25. The lowest BCUT2D eigenvalue weighted by Crippen LogP contribution is -2.02. The molecule has 0 fully saturated rings. The van der Waals surface area contributed by atoms with Gasteiger partial charge >= 0.3 is 0 Å². The van der Waals surface area contributed by atoms with E-state index in [-0.39, 0.29) is 0 Å². The number of para-hydroxylation sites is 2. The number of nitrogens with zero attached hydrogens (tertiary/aromatic N) is 3. The molecular formula is C52H34N4. The molecule has 0 saturated heterocycles. The molecule has 4 nitrogen and oxygen atoms in total. The predicted molar refractivity (Wildman–Crippen MR) is 233 cm³/mol. The van der Waals surface area contributed by atoms with E-state index in [2.05, 4.69) is 185 Å². The summed E-state index contributed by atoms with van der Waals surface area (Å²) in [6.45, 7) is 0. The van der Waals surface area contributed by atoms with E-state index in [9.17, 15) is 0 Å². The molecule has 4 heteroatoms. The molecule has 0 atom stereocenters. The van der Waals surface area contributed by atoms with E-state index in [1.165, 1.54) is 21.5 Å². The minimum Gasteiger partial charge on any atom is -0.354 e. The van der Waals surface area contributed by atoms with E-state index in [0.717, 1.165) is 78.1 Å². The highest BCUT2D eigenvalue weighted by atomic mass is 15.0. The average Bonchev–Trinajstić information content (AvgIpc) is 3.83. The monoisotopic (exact) mass is 714 g/mol. The van der Waals surface area contributed by atoms with E-state index in [0.29, 0.717) is 5.82 Å². The van der Waals surface area contributed by atoms with Crippen molar-refractivity contribution in [1.29, 1.82) is 0 Å². The van der Waals surface area contributed by atoms with E-state index in [4.69, 9.17) is 9.97 Å². The van der Waals surface area contributed by atoms with Gasteiger partial charge in [-0.25, -0.2) is 9.97 Å². The number of benzene rings is 8. The first kappa shape index (κ1) is 31.9. The van der Waals surface area contributed by atoms with Crippen molar-refractivity contribution in [2.24, 2.45) is 0 Å². The Kier molecular flexibility index (Phi) is 7.46. The summed E-state index contributed by atoms with van der Waals surface area (Å²) in [7, 11) is 0. The molecule has 0 aliphatic rings. The van der Waals surface area contributed by atoms with E-state index < -0.39 is 0 Å². The molecule has 3 aromatic heterocycles. The van der Waals surface area contributed by atoms with Gasteiger partial charge < -0.3 is 9.55 Å². The summed E-state index contributed by atoms with van der Waals surface area (Å²) >= 11 is 0. The summed E-state index contributed by atoms with van der Waals surface area (Å²) in [5, 5.41) is 4.88. The summed E-state index contributed by atoms with van der Waals surface area (Å²) in [4.78, 5) is 14.2. The van der Waals surface area contributed by atoms with Crippen molar-refractivity contribution < 1.29 is 0 Å². The zero-order chi connectivity index (χ0) is 37.0. The van der Waals surface area contributed by atoms with E-state index in [1.54, 1.807) is 0 Å². The molecule has 0 unspecified atom stereocenters. The second-order valence-electron chi connectivity index (χ2n) is 14.3. The number of nitrogens with one attached hydrogen (secondary N) is 1. The predicted octanol–water partition coefficient (Wildman–Crippen LogP) is 13.5. The number of hydrogen-bond donors (Lipinski definition) is 1. The first-order chi connectivity index (χ1) is 27.8. The first-order valence-electron chi connectivity index (χ1n) is 19.0. The van der Waals surface area contributed by atoms with Gasteiger partial charge in [0.15, 0.2) is 5.82 Å². The van der Waals surface area contributed by atoms with Crippen LogP contribution in [0.5, 0.6) is 0 Å². The fraction of sp³-hybridized carbons (Fsp3) is 0. The molecule has 0 aliphatic carbocycles. The van der Waals surface area contributed by atoms with Crippen LogP contribution in [-0.4, -0.2) is 19.5 Å². The standard InChI is InChI=1S/C52H34N4/c1-5-17-34(18-6-1)42-31-38(46-33-45(36-21-9-3-10-22-36)54-52(55-46)37-23-11-4-12-24-37)32-43(35-19-7-2-8-20-35)51(42)56-47-28-16-14-26-41(47)49-48(56)30-29-40-39-25-13-15-27-44(39)53-50(40)49/h1-33,53H. The minimum absolute atomic E-state index is 0.693. The third kappa shape index (κ3) is 5.23. The van der Waals surface area contributed by atoms with Crippen molar-refractivity contribution in [3.63, 3.8) is 0 Å². The number of aromatic nitrogens is 4. The molecule has 0 bridgehead atoms. The van der Waals surface area contributed by atoms with Gasteiger partial charge in [0.1, 0.15) is 0 Å². The summed E-state index contributed by atoms with van der Waals surface area (Å²) in [5.41, 5.74) is 15.0. The van der Waals surface area contributed by atoms with Crippen molar-refractivity contribution in [2.75, 3.05) is 0 Å². The third-order valence-corrected chi connectivity index (χ3v) is 10.9. The minimum atomic E-state index is 0.693. The van der Waals surface area contributed by atoms with E-state index >= 15 is 0 Å². The van der Waals surface area contributed by atoms with Crippen LogP contribution in [0.25, 0.3) is 105 Å². The first-order valence-corrected chi connectivity index (χ1v) is 19.0. The number of hydrogen-bond acceptors (Lipinski definition) is 2. The van der Waals surface area contributed by atoms with Crippen LogP contribution >= 0.6 is 0 Å². The lowest BCUT2D eigenvalue weighted by molar-refractivity contribution is 1.17. The second-order valence-corrected chi connectivity index (χ2v) is 14.3. The maximum Gasteiger partial charge on any atom is 0.160 e. The Labute approximate surface area is 324 Å². The summed E-state index contributed by atoms with van der Waals surface area (Å²) in [5.74, 6) is 0.693. The largest absolute Gasteiger partial charge is 0.354 e. The van der Waals surface area contributed by atoms with Crippen molar-refractivity contribution >= 4 is 43.6 Å². The van der Waals surface area contributed by atoms with Crippen molar-refractivity contribution in [3.8, 4) is 61.8 Å². The van der Waals surface area contributed by atoms with E-state index in [1.807, 2.05) is 24.3 Å². The fourth-order valence-corrected chi connectivity index (χ4v) is 8.38. The Balaban J connectivity index is 1.26. The number of H-pyrrole nitrogens is 1. The molecular weight excluding hydrogens is 681 g/mol. The molecule has 3 heterocycles. The Morgan fingerprint density at radius 2 is 0.893 bits per heavy atom. The Hall–Kier alpha value is -7.56. The molecule has 11 rings (SSSR count). The molecule has 0 spiro atoms. The van der Waals surface area contributed by atoms with Crippen molar-refractivity contribution in [2.45, 2.75) is 0 Å². The van der Waals surface area contributed by atoms with Gasteiger partial charge in [0.2, 0.25) is 0 Å².